The maximum Gasteiger partial charge on any atom is 0.0542 e. The summed E-state index contributed by atoms with van der Waals surface area (Å²) >= 11 is 0. The van der Waals surface area contributed by atoms with Crippen molar-refractivity contribution >= 4 is 38.9 Å². The summed E-state index contributed by atoms with van der Waals surface area (Å²) in [4.78, 5) is 2.56. The molecule has 6 bridgehead atoms. The summed E-state index contributed by atoms with van der Waals surface area (Å²) in [7, 11) is 0. The quantitative estimate of drug-likeness (QED) is 0.167. The van der Waals surface area contributed by atoms with Crippen molar-refractivity contribution in [1.29, 1.82) is 0 Å². The first-order valence-electron chi connectivity index (χ1n) is 27.4. The van der Waals surface area contributed by atoms with E-state index in [-0.39, 0.29) is 10.8 Å². The van der Waals surface area contributed by atoms with Crippen molar-refractivity contribution in [2.75, 3.05) is 4.90 Å². The molecule has 2 heteroatoms. The van der Waals surface area contributed by atoms with Gasteiger partial charge >= 0.3 is 0 Å². The van der Waals surface area contributed by atoms with Gasteiger partial charge in [0.05, 0.1) is 11.0 Å². The van der Waals surface area contributed by atoms with Crippen molar-refractivity contribution < 1.29 is 0 Å². The highest BCUT2D eigenvalue weighted by atomic mass is 15.1. The smallest absolute Gasteiger partial charge is 0.0542 e. The number of fused-ring (bicyclic) bond motifs is 14. The first-order valence-corrected chi connectivity index (χ1v) is 27.4. The zero-order chi connectivity index (χ0) is 46.7. The topological polar surface area (TPSA) is 8.17 Å². The zero-order valence-corrected chi connectivity index (χ0v) is 41.2. The number of anilines is 3. The fourth-order valence-electron chi connectivity index (χ4n) is 18.4. The SMILES string of the molecule is C[C@@H]1CC2C[C@@H](C1)[C@@]1(c3ccccc3-c3ccc(-c4ccc5c(c4)c4cc(N(c6ccccc6)c6ccc7c(c6)C6(c8ccccc8-7)C7CC8CC(C7)CC6C8)ccc4n5-c4ccccc4)cc31)[C@@H](C)C2. The molecule has 2 nitrogen and oxygen atoms in total. The molecule has 0 N–H and O–H groups in total. The van der Waals surface area contributed by atoms with E-state index in [0.29, 0.717) is 11.8 Å². The molecular formula is C69H62N2. The van der Waals surface area contributed by atoms with Crippen molar-refractivity contribution in [3.05, 3.63) is 204 Å². The van der Waals surface area contributed by atoms with Gasteiger partial charge in [0.25, 0.3) is 0 Å². The number of hydrogen-bond acceptors (Lipinski definition) is 1. The fraction of sp³-hybridized carbons (Fsp3) is 0.304. The summed E-state index contributed by atoms with van der Waals surface area (Å²) in [5, 5.41) is 2.57. The molecule has 6 saturated carbocycles. The first kappa shape index (κ1) is 41.0. The van der Waals surface area contributed by atoms with Gasteiger partial charge in [-0.05, 0) is 234 Å². The maximum absolute atomic E-state index is 2.65. The molecular weight excluding hydrogens is 857 g/mol. The Morgan fingerprint density at radius 3 is 1.61 bits per heavy atom. The Labute approximate surface area is 419 Å². The van der Waals surface area contributed by atoms with Crippen LogP contribution in [0.15, 0.2) is 182 Å². The third kappa shape index (κ3) is 5.55. The highest BCUT2D eigenvalue weighted by Gasteiger charge is 2.62. The van der Waals surface area contributed by atoms with Gasteiger partial charge in [0, 0.05) is 44.4 Å². The number of nitrogens with zero attached hydrogens (tertiary/aromatic N) is 2. The minimum atomic E-state index is 0.0620. The summed E-state index contributed by atoms with van der Waals surface area (Å²) in [6.45, 7) is 5.12. The lowest BCUT2D eigenvalue weighted by Gasteiger charge is -2.61. The van der Waals surface area contributed by atoms with E-state index < -0.39 is 0 Å². The summed E-state index contributed by atoms with van der Waals surface area (Å²) < 4.78 is 2.49. The average molecular weight is 919 g/mol. The Balaban J connectivity index is 0.876. The van der Waals surface area contributed by atoms with Gasteiger partial charge in [-0.2, -0.15) is 0 Å². The molecule has 9 aromatic rings. The van der Waals surface area contributed by atoms with Gasteiger partial charge in [0.1, 0.15) is 0 Å². The Morgan fingerprint density at radius 2 is 0.887 bits per heavy atom. The Morgan fingerprint density at radius 1 is 0.380 bits per heavy atom. The lowest BCUT2D eigenvalue weighted by Crippen LogP contribution is -2.55. The third-order valence-electron chi connectivity index (χ3n) is 20.4. The molecule has 2 spiro atoms. The minimum absolute atomic E-state index is 0.0620. The third-order valence-corrected chi connectivity index (χ3v) is 20.4. The Bertz CT molecular complexity index is 3600. The van der Waals surface area contributed by atoms with Crippen LogP contribution in [0.3, 0.4) is 0 Å². The van der Waals surface area contributed by atoms with Gasteiger partial charge in [-0.15, -0.1) is 0 Å². The molecule has 1 aromatic heterocycles. The summed E-state index contributed by atoms with van der Waals surface area (Å²) in [5.74, 6) is 6.18. The van der Waals surface area contributed by atoms with Crippen LogP contribution < -0.4 is 4.90 Å². The number of para-hydroxylation sites is 2. The van der Waals surface area contributed by atoms with Crippen LogP contribution in [0, 0.1) is 47.3 Å². The van der Waals surface area contributed by atoms with Crippen LogP contribution in [-0.2, 0) is 10.8 Å². The fourth-order valence-corrected chi connectivity index (χ4v) is 18.4. The van der Waals surface area contributed by atoms with Crippen LogP contribution in [0.4, 0.5) is 17.1 Å². The van der Waals surface area contributed by atoms with Gasteiger partial charge in [0.15, 0.2) is 0 Å². The van der Waals surface area contributed by atoms with E-state index in [1.165, 1.54) is 136 Å². The molecule has 0 aliphatic heterocycles. The van der Waals surface area contributed by atoms with Crippen molar-refractivity contribution in [2.45, 2.75) is 82.5 Å². The van der Waals surface area contributed by atoms with Crippen LogP contribution >= 0.6 is 0 Å². The highest BCUT2D eigenvalue weighted by molar-refractivity contribution is 6.12. The van der Waals surface area contributed by atoms with Gasteiger partial charge in [0.2, 0.25) is 0 Å². The van der Waals surface area contributed by atoms with E-state index in [9.17, 15) is 0 Å². The number of rotatable bonds is 5. The predicted octanol–water partition coefficient (Wildman–Crippen LogP) is 18.0. The van der Waals surface area contributed by atoms with E-state index >= 15 is 0 Å². The molecule has 8 aliphatic carbocycles. The number of benzene rings is 8. The van der Waals surface area contributed by atoms with Crippen molar-refractivity contribution in [3.8, 4) is 39.1 Å². The van der Waals surface area contributed by atoms with Gasteiger partial charge < -0.3 is 9.47 Å². The van der Waals surface area contributed by atoms with Gasteiger partial charge in [-0.3, -0.25) is 0 Å². The molecule has 5 atom stereocenters. The van der Waals surface area contributed by atoms with Crippen molar-refractivity contribution in [3.63, 3.8) is 0 Å². The normalized spacial score (nSPS) is 29.2. The second-order valence-corrected chi connectivity index (χ2v) is 23.9. The molecule has 1 unspecified atom stereocenters. The molecule has 6 fully saturated rings. The zero-order valence-electron chi connectivity index (χ0n) is 41.2. The lowest BCUT2D eigenvalue weighted by atomic mass is 9.43. The second-order valence-electron chi connectivity index (χ2n) is 23.9. The Hall–Kier alpha value is -6.64. The highest BCUT2D eigenvalue weighted by Crippen LogP contribution is 2.70. The molecule has 8 aliphatic rings. The van der Waals surface area contributed by atoms with Crippen LogP contribution in [0.25, 0.3) is 60.9 Å². The molecule has 17 rings (SSSR count). The largest absolute Gasteiger partial charge is 0.310 e. The molecule has 1 heterocycles. The molecule has 348 valence electrons. The predicted molar refractivity (Wildman–Crippen MR) is 294 cm³/mol. The van der Waals surface area contributed by atoms with Crippen molar-refractivity contribution in [2.24, 2.45) is 47.3 Å². The van der Waals surface area contributed by atoms with Gasteiger partial charge in [-0.1, -0.05) is 123 Å². The van der Waals surface area contributed by atoms with E-state index in [1.54, 1.807) is 22.3 Å². The van der Waals surface area contributed by atoms with Crippen LogP contribution in [0.5, 0.6) is 0 Å². The average Bonchev–Trinajstić information content (AvgIpc) is 4.00. The molecule has 71 heavy (non-hydrogen) atoms. The van der Waals surface area contributed by atoms with E-state index in [4.69, 9.17) is 0 Å². The molecule has 0 radical (unpaired) electrons. The standard InChI is InChI=1S/C69H62N2/c1-42-29-44-31-43(2)68(49(30-42)33-44)62-19-11-9-17-56(62)58-25-21-48(39-64(58)68)47-22-27-66-60(38-47)61-40-54(24-28-67(61)71(66)53-15-7-4-8-16-53)70(52-13-5-3-6-14-52)55-23-26-59-57-18-10-12-20-63(57)69(65(59)41-55)50-34-45-32-46(36-50)37-51(69)35-45/h3-28,38-46,49-51H,29-37H2,1-2H3/t42-,43+,44?,45?,46?,49-,50?,51?,68-,69?/m1/s1. The van der Waals surface area contributed by atoms with Crippen LogP contribution in [-0.4, -0.2) is 4.57 Å². The van der Waals surface area contributed by atoms with E-state index in [2.05, 4.69) is 205 Å². The molecule has 0 amide bonds. The van der Waals surface area contributed by atoms with E-state index in [1.807, 2.05) is 0 Å². The second kappa shape index (κ2) is 15.0. The monoisotopic (exact) mass is 918 g/mol. The van der Waals surface area contributed by atoms with Crippen molar-refractivity contribution in [1.82, 2.24) is 4.57 Å². The Kier molecular flexibility index (Phi) is 8.64. The van der Waals surface area contributed by atoms with Gasteiger partial charge in [-0.25, -0.2) is 0 Å². The number of aromatic nitrogens is 1. The van der Waals surface area contributed by atoms with E-state index in [0.717, 1.165) is 35.5 Å². The van der Waals surface area contributed by atoms with Crippen LogP contribution in [0.1, 0.15) is 93.9 Å². The lowest BCUT2D eigenvalue weighted by molar-refractivity contribution is -0.0399. The summed E-state index contributed by atoms with van der Waals surface area (Å²) in [5.41, 5.74) is 22.4. The summed E-state index contributed by atoms with van der Waals surface area (Å²) in [6, 6.07) is 71.0. The summed E-state index contributed by atoms with van der Waals surface area (Å²) in [6.07, 6.45) is 12.4. The molecule has 0 saturated heterocycles. The first-order chi connectivity index (χ1) is 34.9. The maximum atomic E-state index is 2.65. The van der Waals surface area contributed by atoms with Crippen LogP contribution in [0.2, 0.25) is 0 Å². The molecule has 8 aromatic carbocycles. The minimum Gasteiger partial charge on any atom is -0.310 e. The number of hydrogen-bond donors (Lipinski definition) is 0.